The van der Waals surface area contributed by atoms with Crippen molar-refractivity contribution in [3.05, 3.63) is 60.2 Å². The fourth-order valence-corrected chi connectivity index (χ4v) is 3.42. The molecule has 134 valence electrons. The minimum Gasteiger partial charge on any atom is -0.493 e. The smallest absolute Gasteiger partial charge is 0.121 e. The van der Waals surface area contributed by atoms with Crippen LogP contribution in [-0.4, -0.2) is 30.1 Å². The van der Waals surface area contributed by atoms with Gasteiger partial charge in [0, 0.05) is 36.9 Å². The van der Waals surface area contributed by atoms with Crippen LogP contribution in [0, 0.1) is 5.92 Å². The summed E-state index contributed by atoms with van der Waals surface area (Å²) in [7, 11) is 0. The molecule has 25 heavy (non-hydrogen) atoms. The van der Waals surface area contributed by atoms with Crippen LogP contribution in [0.15, 0.2) is 54.6 Å². The lowest BCUT2D eigenvalue weighted by Crippen LogP contribution is -2.28. The summed E-state index contributed by atoms with van der Waals surface area (Å²) in [6.07, 6.45) is 1.17. The van der Waals surface area contributed by atoms with Crippen molar-refractivity contribution in [2.24, 2.45) is 5.92 Å². The zero-order valence-electron chi connectivity index (χ0n) is 15.6. The van der Waals surface area contributed by atoms with Crippen LogP contribution in [-0.2, 0) is 6.54 Å². The molecule has 3 rings (SSSR count). The molecule has 3 heteroatoms. The van der Waals surface area contributed by atoms with Crippen molar-refractivity contribution >= 4 is 5.69 Å². The molecule has 2 aromatic rings. The average molecular weight is 338 g/mol. The third-order valence-corrected chi connectivity index (χ3v) is 4.72. The second-order valence-electron chi connectivity index (χ2n) is 7.57. The van der Waals surface area contributed by atoms with Gasteiger partial charge in [0.05, 0.1) is 6.61 Å². The highest BCUT2D eigenvalue weighted by molar-refractivity contribution is 5.49. The van der Waals surface area contributed by atoms with Gasteiger partial charge in [0.2, 0.25) is 0 Å². The number of nitrogens with one attached hydrogen (secondary N) is 1. The maximum Gasteiger partial charge on any atom is 0.121 e. The Morgan fingerprint density at radius 3 is 2.68 bits per heavy atom. The number of hydrogen-bond acceptors (Lipinski definition) is 3. The van der Waals surface area contributed by atoms with Crippen molar-refractivity contribution in [3.8, 4) is 5.75 Å². The molecule has 0 saturated carbocycles. The van der Waals surface area contributed by atoms with Gasteiger partial charge in [-0.2, -0.15) is 0 Å². The lowest BCUT2D eigenvalue weighted by atomic mass is 10.1. The molecule has 1 aliphatic heterocycles. The summed E-state index contributed by atoms with van der Waals surface area (Å²) in [5, 5.41) is 3.69. The van der Waals surface area contributed by atoms with Crippen LogP contribution in [0.1, 0.15) is 32.8 Å². The lowest BCUT2D eigenvalue weighted by Gasteiger charge is -2.21. The number of likely N-dealkylation sites (tertiary alicyclic amines) is 1. The monoisotopic (exact) mass is 338 g/mol. The van der Waals surface area contributed by atoms with E-state index in [1.54, 1.807) is 0 Å². The van der Waals surface area contributed by atoms with Gasteiger partial charge in [-0.3, -0.25) is 4.90 Å². The van der Waals surface area contributed by atoms with Crippen molar-refractivity contribution in [2.45, 2.75) is 45.8 Å². The van der Waals surface area contributed by atoms with Gasteiger partial charge in [-0.15, -0.1) is 0 Å². The SMILES string of the molecule is CC(C)COc1cccc(NC2CC(C)N(Cc3ccccc3)C2)c1. The Labute approximate surface area is 152 Å². The molecule has 0 spiro atoms. The third kappa shape index (κ3) is 5.23. The number of nitrogens with zero attached hydrogens (tertiary/aromatic N) is 1. The van der Waals surface area contributed by atoms with Gasteiger partial charge >= 0.3 is 0 Å². The van der Waals surface area contributed by atoms with E-state index < -0.39 is 0 Å². The van der Waals surface area contributed by atoms with Crippen LogP contribution in [0.5, 0.6) is 5.75 Å². The number of ether oxygens (including phenoxy) is 1. The van der Waals surface area contributed by atoms with Gasteiger partial charge in [0.1, 0.15) is 5.75 Å². The zero-order chi connectivity index (χ0) is 17.6. The molecule has 0 bridgehead atoms. The molecule has 1 heterocycles. The summed E-state index contributed by atoms with van der Waals surface area (Å²) in [5.74, 6) is 1.49. The first-order valence-corrected chi connectivity index (χ1v) is 9.37. The predicted molar refractivity (Wildman–Crippen MR) is 105 cm³/mol. The number of benzene rings is 2. The lowest BCUT2D eigenvalue weighted by molar-refractivity contribution is 0.259. The van der Waals surface area contributed by atoms with Crippen LogP contribution in [0.25, 0.3) is 0 Å². The largest absolute Gasteiger partial charge is 0.493 e. The van der Waals surface area contributed by atoms with Crippen molar-refractivity contribution < 1.29 is 4.74 Å². The van der Waals surface area contributed by atoms with E-state index in [1.165, 1.54) is 12.0 Å². The van der Waals surface area contributed by atoms with Gasteiger partial charge in [0.25, 0.3) is 0 Å². The molecule has 0 radical (unpaired) electrons. The van der Waals surface area contributed by atoms with Crippen molar-refractivity contribution in [1.29, 1.82) is 0 Å². The molecule has 2 atom stereocenters. The quantitative estimate of drug-likeness (QED) is 0.785. The summed E-state index contributed by atoms with van der Waals surface area (Å²) < 4.78 is 5.84. The molecule has 1 N–H and O–H groups in total. The van der Waals surface area contributed by atoms with Crippen LogP contribution < -0.4 is 10.1 Å². The Morgan fingerprint density at radius 1 is 1.12 bits per heavy atom. The van der Waals surface area contributed by atoms with Crippen LogP contribution in [0.2, 0.25) is 0 Å². The molecule has 0 amide bonds. The summed E-state index contributed by atoms with van der Waals surface area (Å²) in [6, 6.07) is 20.2. The Bertz CT molecular complexity index is 656. The third-order valence-electron chi connectivity index (χ3n) is 4.72. The Hall–Kier alpha value is -2.00. The predicted octanol–water partition coefficient (Wildman–Crippen LogP) is 4.80. The molecule has 1 fully saturated rings. The van der Waals surface area contributed by atoms with Crippen molar-refractivity contribution in [3.63, 3.8) is 0 Å². The molecular weight excluding hydrogens is 308 g/mol. The number of rotatable bonds is 7. The first-order valence-electron chi connectivity index (χ1n) is 9.37. The Balaban J connectivity index is 1.56. The van der Waals surface area contributed by atoms with Crippen LogP contribution in [0.4, 0.5) is 5.69 Å². The van der Waals surface area contributed by atoms with Gasteiger partial charge in [-0.05, 0) is 37.0 Å². The highest BCUT2D eigenvalue weighted by Crippen LogP contribution is 2.25. The summed E-state index contributed by atoms with van der Waals surface area (Å²) >= 11 is 0. The normalized spacial score (nSPS) is 20.8. The molecule has 3 nitrogen and oxygen atoms in total. The van der Waals surface area contributed by atoms with E-state index >= 15 is 0 Å². The second kappa shape index (κ2) is 8.39. The van der Waals surface area contributed by atoms with E-state index in [2.05, 4.69) is 79.5 Å². The molecule has 0 aromatic heterocycles. The molecule has 0 aliphatic carbocycles. The highest BCUT2D eigenvalue weighted by Gasteiger charge is 2.28. The summed E-state index contributed by atoms with van der Waals surface area (Å²) in [4.78, 5) is 2.56. The fraction of sp³-hybridized carbons (Fsp3) is 0.455. The van der Waals surface area contributed by atoms with Gasteiger partial charge in [-0.25, -0.2) is 0 Å². The molecule has 2 unspecified atom stereocenters. The van der Waals surface area contributed by atoms with Gasteiger partial charge in [-0.1, -0.05) is 50.2 Å². The number of anilines is 1. The molecule has 2 aromatic carbocycles. The van der Waals surface area contributed by atoms with Gasteiger partial charge < -0.3 is 10.1 Å². The van der Waals surface area contributed by atoms with E-state index in [4.69, 9.17) is 4.74 Å². The topological polar surface area (TPSA) is 24.5 Å². The minimum absolute atomic E-state index is 0.485. The highest BCUT2D eigenvalue weighted by atomic mass is 16.5. The zero-order valence-corrected chi connectivity index (χ0v) is 15.6. The molecule has 1 saturated heterocycles. The molecule has 1 aliphatic rings. The summed E-state index contributed by atoms with van der Waals surface area (Å²) in [6.45, 7) is 9.53. The summed E-state index contributed by atoms with van der Waals surface area (Å²) in [5.41, 5.74) is 2.54. The second-order valence-corrected chi connectivity index (χ2v) is 7.57. The fourth-order valence-electron chi connectivity index (χ4n) is 3.42. The Kier molecular flexibility index (Phi) is 5.98. The van der Waals surface area contributed by atoms with Crippen LogP contribution in [0.3, 0.4) is 0 Å². The van der Waals surface area contributed by atoms with Gasteiger partial charge in [0.15, 0.2) is 0 Å². The van der Waals surface area contributed by atoms with E-state index in [9.17, 15) is 0 Å². The van der Waals surface area contributed by atoms with E-state index in [1.807, 2.05) is 6.07 Å². The molecular formula is C22H30N2O. The van der Waals surface area contributed by atoms with E-state index in [0.717, 1.165) is 31.1 Å². The average Bonchev–Trinajstić information content (AvgIpc) is 2.93. The first kappa shape index (κ1) is 17.8. The maximum atomic E-state index is 5.84. The first-order chi connectivity index (χ1) is 12.1. The van der Waals surface area contributed by atoms with E-state index in [0.29, 0.717) is 18.0 Å². The van der Waals surface area contributed by atoms with Crippen molar-refractivity contribution in [1.82, 2.24) is 4.90 Å². The van der Waals surface area contributed by atoms with Crippen molar-refractivity contribution in [2.75, 3.05) is 18.5 Å². The standard InChI is InChI=1S/C22H30N2O/c1-17(2)16-25-22-11-7-10-20(13-22)23-21-12-18(3)24(15-21)14-19-8-5-4-6-9-19/h4-11,13,17-18,21,23H,12,14-16H2,1-3H3. The Morgan fingerprint density at radius 2 is 1.92 bits per heavy atom. The minimum atomic E-state index is 0.485. The maximum absolute atomic E-state index is 5.84. The van der Waals surface area contributed by atoms with Crippen LogP contribution >= 0.6 is 0 Å². The van der Waals surface area contributed by atoms with E-state index in [-0.39, 0.29) is 0 Å². The number of hydrogen-bond donors (Lipinski definition) is 1.